The van der Waals surface area contributed by atoms with Gasteiger partial charge in [0.05, 0.1) is 0 Å². The number of carbonyl (C=O) groups is 1. The summed E-state index contributed by atoms with van der Waals surface area (Å²) in [6.45, 7) is 0. The van der Waals surface area contributed by atoms with E-state index in [1.165, 1.54) is 6.08 Å². The van der Waals surface area contributed by atoms with Gasteiger partial charge in [-0.25, -0.2) is 0 Å². The largest absolute Gasteiger partial charge is 0.377 e. The van der Waals surface area contributed by atoms with Crippen LogP contribution in [0.5, 0.6) is 0 Å². The van der Waals surface area contributed by atoms with Crippen LogP contribution in [0.25, 0.3) is 0 Å². The Morgan fingerprint density at radius 2 is 1.56 bits per heavy atom. The van der Waals surface area contributed by atoms with E-state index < -0.39 is 5.60 Å². The van der Waals surface area contributed by atoms with Crippen molar-refractivity contribution in [2.24, 2.45) is 0 Å². The number of allylic oxidation sites excluding steroid dienone is 1. The maximum absolute atomic E-state index is 11.8. The van der Waals surface area contributed by atoms with Gasteiger partial charge in [0.15, 0.2) is 5.78 Å². The van der Waals surface area contributed by atoms with E-state index in [1.54, 1.807) is 24.3 Å². The van der Waals surface area contributed by atoms with E-state index >= 15 is 0 Å². The number of hydrogen-bond donors (Lipinski definition) is 1. The molecule has 0 radical (unpaired) electrons. The van der Waals surface area contributed by atoms with Crippen molar-refractivity contribution in [1.29, 1.82) is 0 Å². The molecule has 3 rings (SSSR count). The maximum atomic E-state index is 11.8. The molecular formula is C16H12O2. The van der Waals surface area contributed by atoms with Gasteiger partial charge in [-0.3, -0.25) is 4.79 Å². The van der Waals surface area contributed by atoms with Gasteiger partial charge < -0.3 is 5.11 Å². The molecule has 0 fully saturated rings. The lowest BCUT2D eigenvalue weighted by Gasteiger charge is -2.30. The highest BCUT2D eigenvalue weighted by Gasteiger charge is 2.34. The Bertz CT molecular complexity index is 629. The fraction of sp³-hybridized carbons (Fsp3) is 0.0625. The number of benzene rings is 2. The van der Waals surface area contributed by atoms with Gasteiger partial charge in [-0.15, -0.1) is 0 Å². The summed E-state index contributed by atoms with van der Waals surface area (Å²) in [6, 6.07) is 16.5. The number of aliphatic hydroxyl groups is 1. The van der Waals surface area contributed by atoms with E-state index in [-0.39, 0.29) is 5.78 Å². The van der Waals surface area contributed by atoms with Crippen molar-refractivity contribution >= 4 is 5.78 Å². The quantitative estimate of drug-likeness (QED) is 0.826. The van der Waals surface area contributed by atoms with Crippen LogP contribution < -0.4 is 0 Å². The van der Waals surface area contributed by atoms with E-state index in [0.29, 0.717) is 11.1 Å². The number of ketones is 1. The molecule has 1 unspecified atom stereocenters. The van der Waals surface area contributed by atoms with Crippen LogP contribution in [0.2, 0.25) is 0 Å². The van der Waals surface area contributed by atoms with Gasteiger partial charge in [0, 0.05) is 11.1 Å². The molecule has 1 aliphatic carbocycles. The molecule has 18 heavy (non-hydrogen) atoms. The monoisotopic (exact) mass is 236 g/mol. The lowest BCUT2D eigenvalue weighted by atomic mass is 9.79. The second kappa shape index (κ2) is 3.93. The van der Waals surface area contributed by atoms with Crippen LogP contribution in [0, 0.1) is 0 Å². The highest BCUT2D eigenvalue weighted by Crippen LogP contribution is 2.36. The average Bonchev–Trinajstić information content (AvgIpc) is 2.44. The molecule has 2 heteroatoms. The van der Waals surface area contributed by atoms with Crippen LogP contribution in [-0.4, -0.2) is 10.9 Å². The molecule has 0 heterocycles. The fourth-order valence-electron chi connectivity index (χ4n) is 2.35. The molecule has 0 amide bonds. The van der Waals surface area contributed by atoms with E-state index in [9.17, 15) is 9.90 Å². The lowest BCUT2D eigenvalue weighted by molar-refractivity contribution is 0.0988. The fourth-order valence-corrected chi connectivity index (χ4v) is 2.35. The second-order valence-corrected chi connectivity index (χ2v) is 4.38. The Morgan fingerprint density at radius 1 is 0.889 bits per heavy atom. The summed E-state index contributed by atoms with van der Waals surface area (Å²) in [5.74, 6) is -0.0637. The summed E-state index contributed by atoms with van der Waals surface area (Å²) in [4.78, 5) is 11.8. The third-order valence-electron chi connectivity index (χ3n) is 3.29. The van der Waals surface area contributed by atoms with Crippen LogP contribution in [0.15, 0.2) is 66.7 Å². The minimum atomic E-state index is -1.22. The van der Waals surface area contributed by atoms with Gasteiger partial charge in [-0.2, -0.15) is 0 Å². The molecule has 1 aliphatic rings. The molecule has 0 aromatic heterocycles. The highest BCUT2D eigenvalue weighted by molar-refractivity contribution is 6.07. The minimum absolute atomic E-state index is 0.0637. The summed E-state index contributed by atoms with van der Waals surface area (Å²) in [5, 5.41) is 10.9. The van der Waals surface area contributed by atoms with Gasteiger partial charge in [0.1, 0.15) is 5.60 Å². The SMILES string of the molecule is O=C1C=CC(O)(c2ccccc2)c2ccccc21. The molecule has 2 aromatic carbocycles. The molecule has 0 spiro atoms. The molecule has 88 valence electrons. The molecule has 1 N–H and O–H groups in total. The van der Waals surface area contributed by atoms with Gasteiger partial charge in [0.2, 0.25) is 0 Å². The van der Waals surface area contributed by atoms with Crippen molar-refractivity contribution in [3.8, 4) is 0 Å². The van der Waals surface area contributed by atoms with Crippen LogP contribution in [0.1, 0.15) is 21.5 Å². The molecule has 0 saturated carbocycles. The van der Waals surface area contributed by atoms with Crippen LogP contribution in [0.4, 0.5) is 0 Å². The van der Waals surface area contributed by atoms with E-state index in [1.807, 2.05) is 36.4 Å². The van der Waals surface area contributed by atoms with Crippen molar-refractivity contribution in [2.45, 2.75) is 5.60 Å². The molecule has 0 bridgehead atoms. The van der Waals surface area contributed by atoms with Crippen molar-refractivity contribution in [2.75, 3.05) is 0 Å². The zero-order valence-electron chi connectivity index (χ0n) is 9.71. The predicted molar refractivity (Wildman–Crippen MR) is 69.4 cm³/mol. The summed E-state index contributed by atoms with van der Waals surface area (Å²) in [7, 11) is 0. The van der Waals surface area contributed by atoms with Crippen molar-refractivity contribution in [1.82, 2.24) is 0 Å². The number of hydrogen-bond acceptors (Lipinski definition) is 2. The molecule has 0 saturated heterocycles. The van der Waals surface area contributed by atoms with E-state index in [4.69, 9.17) is 0 Å². The van der Waals surface area contributed by atoms with Gasteiger partial charge in [-0.1, -0.05) is 54.6 Å². The van der Waals surface area contributed by atoms with Crippen molar-refractivity contribution in [3.05, 3.63) is 83.4 Å². The molecule has 1 atom stereocenters. The Hall–Kier alpha value is -2.19. The second-order valence-electron chi connectivity index (χ2n) is 4.38. The number of fused-ring (bicyclic) bond motifs is 1. The zero-order chi connectivity index (χ0) is 12.6. The van der Waals surface area contributed by atoms with Crippen LogP contribution >= 0.6 is 0 Å². The Labute approximate surface area is 105 Å². The van der Waals surface area contributed by atoms with E-state index in [0.717, 1.165) is 5.56 Å². The Balaban J connectivity index is 2.25. The average molecular weight is 236 g/mol. The Kier molecular flexibility index (Phi) is 2.39. The van der Waals surface area contributed by atoms with Gasteiger partial charge in [-0.05, 0) is 17.7 Å². The summed E-state index contributed by atoms with van der Waals surface area (Å²) in [6.07, 6.45) is 3.00. The lowest BCUT2D eigenvalue weighted by Crippen LogP contribution is -2.30. The maximum Gasteiger partial charge on any atom is 0.186 e. The number of carbonyl (C=O) groups excluding carboxylic acids is 1. The van der Waals surface area contributed by atoms with Gasteiger partial charge >= 0.3 is 0 Å². The minimum Gasteiger partial charge on any atom is -0.377 e. The first-order valence-electron chi connectivity index (χ1n) is 5.83. The van der Waals surface area contributed by atoms with Crippen molar-refractivity contribution < 1.29 is 9.90 Å². The van der Waals surface area contributed by atoms with Crippen molar-refractivity contribution in [3.63, 3.8) is 0 Å². The van der Waals surface area contributed by atoms with Crippen LogP contribution in [0.3, 0.4) is 0 Å². The standard InChI is InChI=1S/C16H12O2/c17-15-10-11-16(18,12-6-2-1-3-7-12)14-9-5-4-8-13(14)15/h1-11,18H. The summed E-state index contributed by atoms with van der Waals surface area (Å²) >= 11 is 0. The summed E-state index contributed by atoms with van der Waals surface area (Å²) in [5.41, 5.74) is 0.752. The predicted octanol–water partition coefficient (Wildman–Crippen LogP) is 2.68. The first-order chi connectivity index (χ1) is 8.72. The summed E-state index contributed by atoms with van der Waals surface area (Å²) < 4.78 is 0. The topological polar surface area (TPSA) is 37.3 Å². The number of rotatable bonds is 1. The Morgan fingerprint density at radius 3 is 2.33 bits per heavy atom. The smallest absolute Gasteiger partial charge is 0.186 e. The molecule has 2 aromatic rings. The third kappa shape index (κ3) is 1.50. The zero-order valence-corrected chi connectivity index (χ0v) is 9.71. The molecular weight excluding hydrogens is 224 g/mol. The molecule has 0 aliphatic heterocycles. The normalized spacial score (nSPS) is 21.7. The third-order valence-corrected chi connectivity index (χ3v) is 3.29. The molecule has 2 nitrogen and oxygen atoms in total. The van der Waals surface area contributed by atoms with E-state index in [2.05, 4.69) is 0 Å². The van der Waals surface area contributed by atoms with Crippen LogP contribution in [-0.2, 0) is 5.60 Å². The first kappa shape index (κ1) is 10.9. The highest BCUT2D eigenvalue weighted by atomic mass is 16.3. The first-order valence-corrected chi connectivity index (χ1v) is 5.83. The van der Waals surface area contributed by atoms with Gasteiger partial charge in [0.25, 0.3) is 0 Å².